The Morgan fingerprint density at radius 3 is 2.95 bits per heavy atom. The summed E-state index contributed by atoms with van der Waals surface area (Å²) in [5.74, 6) is 0.834. The van der Waals surface area contributed by atoms with Crippen LogP contribution in [-0.4, -0.2) is 26.2 Å². The molecule has 0 aliphatic carbocycles. The average Bonchev–Trinajstić information content (AvgIpc) is 2.77. The lowest BCUT2D eigenvalue weighted by molar-refractivity contribution is -0.384. The van der Waals surface area contributed by atoms with Crippen molar-refractivity contribution >= 4 is 34.0 Å². The van der Waals surface area contributed by atoms with Gasteiger partial charge in [0.1, 0.15) is 17.8 Å². The van der Waals surface area contributed by atoms with Gasteiger partial charge >= 0.3 is 0 Å². The highest BCUT2D eigenvalue weighted by Crippen LogP contribution is 2.26. The maximum Gasteiger partial charge on any atom is 0.293 e. The summed E-state index contributed by atoms with van der Waals surface area (Å²) in [5, 5.41) is 21.8. The number of hydrogen-bond donors (Lipinski definition) is 1. The van der Waals surface area contributed by atoms with Crippen molar-refractivity contribution in [1.29, 1.82) is 0 Å². The normalized spacial score (nSPS) is 10.4. The van der Waals surface area contributed by atoms with E-state index < -0.39 is 0 Å². The van der Waals surface area contributed by atoms with E-state index in [4.69, 9.17) is 0 Å². The predicted octanol–water partition coefficient (Wildman–Crippen LogP) is 1.98. The standard InChI is InChI=1S/C11H12IN5O2/c1-16-7-14-15-11(16)4-5-13-9-3-2-8(12)6-10(9)17(18)19/h2-3,6-7,13H,4-5H2,1H3. The van der Waals surface area contributed by atoms with Crippen LogP contribution in [0.4, 0.5) is 11.4 Å². The van der Waals surface area contributed by atoms with Gasteiger partial charge in [-0.3, -0.25) is 10.1 Å². The molecule has 0 bridgehead atoms. The molecule has 1 N–H and O–H groups in total. The predicted molar refractivity (Wildman–Crippen MR) is 79.0 cm³/mol. The second-order valence-electron chi connectivity index (χ2n) is 3.95. The van der Waals surface area contributed by atoms with E-state index >= 15 is 0 Å². The first-order chi connectivity index (χ1) is 9.08. The third kappa shape index (κ3) is 3.40. The van der Waals surface area contributed by atoms with E-state index in [1.807, 2.05) is 17.7 Å². The number of halogens is 1. The van der Waals surface area contributed by atoms with E-state index in [2.05, 4.69) is 38.1 Å². The third-order valence-corrected chi connectivity index (χ3v) is 3.30. The van der Waals surface area contributed by atoms with Crippen molar-refractivity contribution < 1.29 is 4.92 Å². The van der Waals surface area contributed by atoms with Crippen LogP contribution >= 0.6 is 22.6 Å². The maximum absolute atomic E-state index is 11.0. The molecule has 0 saturated carbocycles. The molecule has 0 aliphatic rings. The van der Waals surface area contributed by atoms with Gasteiger partial charge in [0.25, 0.3) is 5.69 Å². The topological polar surface area (TPSA) is 85.9 Å². The number of nitrogens with one attached hydrogen (secondary N) is 1. The SMILES string of the molecule is Cn1cnnc1CCNc1ccc(I)cc1[N+](=O)[O-]. The summed E-state index contributed by atoms with van der Waals surface area (Å²) in [4.78, 5) is 10.6. The lowest BCUT2D eigenvalue weighted by Gasteiger charge is -2.07. The number of hydrogen-bond acceptors (Lipinski definition) is 5. The van der Waals surface area contributed by atoms with Crippen LogP contribution in [0.25, 0.3) is 0 Å². The summed E-state index contributed by atoms with van der Waals surface area (Å²) in [6, 6.07) is 5.10. The molecular weight excluding hydrogens is 361 g/mol. The number of benzene rings is 1. The molecule has 0 amide bonds. The molecule has 0 fully saturated rings. The minimum absolute atomic E-state index is 0.0878. The highest BCUT2D eigenvalue weighted by molar-refractivity contribution is 14.1. The molecule has 0 spiro atoms. The van der Waals surface area contributed by atoms with Crippen molar-refractivity contribution in [2.24, 2.45) is 7.05 Å². The molecule has 2 rings (SSSR count). The Hall–Kier alpha value is -1.71. The number of aryl methyl sites for hydroxylation is 1. The maximum atomic E-state index is 11.0. The number of nitro groups is 1. The smallest absolute Gasteiger partial charge is 0.293 e. The van der Waals surface area contributed by atoms with Gasteiger partial charge in [-0.25, -0.2) is 0 Å². The Morgan fingerprint density at radius 1 is 1.53 bits per heavy atom. The van der Waals surface area contributed by atoms with Crippen molar-refractivity contribution in [2.45, 2.75) is 6.42 Å². The van der Waals surface area contributed by atoms with Crippen molar-refractivity contribution in [2.75, 3.05) is 11.9 Å². The molecule has 0 unspecified atom stereocenters. The van der Waals surface area contributed by atoms with Gasteiger partial charge in [-0.05, 0) is 34.7 Å². The van der Waals surface area contributed by atoms with Crippen LogP contribution in [-0.2, 0) is 13.5 Å². The van der Waals surface area contributed by atoms with Crippen LogP contribution < -0.4 is 5.32 Å². The molecule has 100 valence electrons. The second kappa shape index (κ2) is 5.95. The summed E-state index contributed by atoms with van der Waals surface area (Å²) in [7, 11) is 1.86. The van der Waals surface area contributed by atoms with Crippen molar-refractivity contribution in [3.63, 3.8) is 0 Å². The summed E-state index contributed by atoms with van der Waals surface area (Å²) >= 11 is 2.05. The number of nitrogens with zero attached hydrogens (tertiary/aromatic N) is 4. The number of aromatic nitrogens is 3. The quantitative estimate of drug-likeness (QED) is 0.492. The summed E-state index contributed by atoms with van der Waals surface area (Å²) in [6.07, 6.45) is 2.28. The first-order valence-electron chi connectivity index (χ1n) is 5.58. The minimum atomic E-state index is -0.382. The zero-order valence-corrected chi connectivity index (χ0v) is 12.4. The van der Waals surface area contributed by atoms with Gasteiger partial charge in [-0.1, -0.05) is 0 Å². The molecule has 0 atom stereocenters. The van der Waals surface area contributed by atoms with Gasteiger partial charge in [0.15, 0.2) is 0 Å². The van der Waals surface area contributed by atoms with E-state index in [-0.39, 0.29) is 10.6 Å². The highest BCUT2D eigenvalue weighted by Gasteiger charge is 2.13. The largest absolute Gasteiger partial charge is 0.379 e. The second-order valence-corrected chi connectivity index (χ2v) is 5.20. The fourth-order valence-corrected chi connectivity index (χ4v) is 2.12. The highest BCUT2D eigenvalue weighted by atomic mass is 127. The lowest BCUT2D eigenvalue weighted by atomic mass is 10.2. The zero-order valence-electron chi connectivity index (χ0n) is 10.2. The van der Waals surface area contributed by atoms with Gasteiger partial charge in [-0.15, -0.1) is 10.2 Å². The Bertz CT molecular complexity index is 599. The monoisotopic (exact) mass is 373 g/mol. The molecule has 0 aliphatic heterocycles. The van der Waals surface area contributed by atoms with E-state index in [1.165, 1.54) is 0 Å². The fraction of sp³-hybridized carbons (Fsp3) is 0.273. The summed E-state index contributed by atoms with van der Waals surface area (Å²) < 4.78 is 2.66. The van der Waals surface area contributed by atoms with Crippen LogP contribution in [0, 0.1) is 13.7 Å². The Kier molecular flexibility index (Phi) is 4.30. The molecule has 1 heterocycles. The molecule has 7 nitrogen and oxygen atoms in total. The number of nitro benzene ring substituents is 1. The molecular formula is C11H12IN5O2. The van der Waals surface area contributed by atoms with Crippen LogP contribution in [0.5, 0.6) is 0 Å². The number of anilines is 1. The molecule has 19 heavy (non-hydrogen) atoms. The van der Waals surface area contributed by atoms with Crippen LogP contribution in [0.15, 0.2) is 24.5 Å². The van der Waals surface area contributed by atoms with Crippen LogP contribution in [0.3, 0.4) is 0 Å². The van der Waals surface area contributed by atoms with Crippen LogP contribution in [0.2, 0.25) is 0 Å². The average molecular weight is 373 g/mol. The lowest BCUT2D eigenvalue weighted by Crippen LogP contribution is -2.10. The Morgan fingerprint density at radius 2 is 2.32 bits per heavy atom. The van der Waals surface area contributed by atoms with Crippen molar-refractivity contribution in [3.8, 4) is 0 Å². The van der Waals surface area contributed by atoms with Gasteiger partial charge in [0.2, 0.25) is 0 Å². The molecule has 0 radical (unpaired) electrons. The van der Waals surface area contributed by atoms with Gasteiger partial charge in [-0.2, -0.15) is 0 Å². The van der Waals surface area contributed by atoms with Gasteiger partial charge < -0.3 is 9.88 Å². The minimum Gasteiger partial charge on any atom is -0.379 e. The van der Waals surface area contributed by atoms with Gasteiger partial charge in [0.05, 0.1) is 4.92 Å². The third-order valence-electron chi connectivity index (χ3n) is 2.63. The van der Waals surface area contributed by atoms with Crippen molar-refractivity contribution in [1.82, 2.24) is 14.8 Å². The van der Waals surface area contributed by atoms with E-state index in [9.17, 15) is 10.1 Å². The fourth-order valence-electron chi connectivity index (χ4n) is 1.65. The van der Waals surface area contributed by atoms with Crippen LogP contribution in [0.1, 0.15) is 5.82 Å². The zero-order chi connectivity index (χ0) is 13.8. The van der Waals surface area contributed by atoms with E-state index in [1.54, 1.807) is 18.5 Å². The Balaban J connectivity index is 2.03. The summed E-state index contributed by atoms with van der Waals surface area (Å²) in [6.45, 7) is 0.563. The summed E-state index contributed by atoms with van der Waals surface area (Å²) in [5.41, 5.74) is 0.609. The molecule has 2 aromatic rings. The molecule has 1 aromatic carbocycles. The Labute approximate surface area is 123 Å². The first kappa shape index (κ1) is 13.7. The number of rotatable bonds is 5. The van der Waals surface area contributed by atoms with E-state index in [0.29, 0.717) is 18.7 Å². The molecule has 0 saturated heterocycles. The van der Waals surface area contributed by atoms with Crippen molar-refractivity contribution in [3.05, 3.63) is 44.0 Å². The first-order valence-corrected chi connectivity index (χ1v) is 6.66. The van der Waals surface area contributed by atoms with E-state index in [0.717, 1.165) is 9.39 Å². The van der Waals surface area contributed by atoms with Gasteiger partial charge in [0, 0.05) is 29.6 Å². The molecule has 8 heteroatoms. The molecule has 1 aromatic heterocycles.